The highest BCUT2D eigenvalue weighted by molar-refractivity contribution is 8.00. The summed E-state index contributed by atoms with van der Waals surface area (Å²) in [5, 5.41) is 2.53. The van der Waals surface area contributed by atoms with E-state index in [9.17, 15) is 0 Å². The zero-order chi connectivity index (χ0) is 34.2. The number of para-hydroxylation sites is 3. The number of benzene rings is 8. The standard InChI is InChI=1S/C49H31NS2/c1-3-16-32(17-4-1)34-21-14-27-41-47(34)51-44-30-11-8-25-39(44)49(41)40-26-9-12-31-45(40)52-48-38(24-15-28-42(48)49)37-23-13-22-36-35-20-7-10-29-43(35)50(46(36)37)33-18-5-2-6-19-33/h1-31H. The summed E-state index contributed by atoms with van der Waals surface area (Å²) in [4.78, 5) is 5.26. The predicted molar refractivity (Wildman–Crippen MR) is 218 cm³/mol. The number of rotatable bonds is 3. The van der Waals surface area contributed by atoms with Crippen LogP contribution in [0.3, 0.4) is 0 Å². The lowest BCUT2D eigenvalue weighted by molar-refractivity contribution is 0.668. The summed E-state index contributed by atoms with van der Waals surface area (Å²) in [7, 11) is 0. The SMILES string of the molecule is c1ccc(-c2cccc3c2Sc2ccccc2C32c3ccccc3Sc3c(-c4cccc5c6ccccc6n(-c6ccccc6)c45)cccc32)cc1. The Morgan fingerprint density at radius 1 is 0.365 bits per heavy atom. The summed E-state index contributed by atoms with van der Waals surface area (Å²) in [5.74, 6) is 0. The third-order valence-corrected chi connectivity index (χ3v) is 13.4. The molecule has 0 amide bonds. The Morgan fingerprint density at radius 2 is 0.865 bits per heavy atom. The Bertz CT molecular complexity index is 2840. The summed E-state index contributed by atoms with van der Waals surface area (Å²) >= 11 is 3.84. The molecule has 1 unspecified atom stereocenters. The van der Waals surface area contributed by atoms with Crippen molar-refractivity contribution in [3.8, 4) is 27.9 Å². The lowest BCUT2D eigenvalue weighted by atomic mass is 9.64. The number of hydrogen-bond acceptors (Lipinski definition) is 2. The molecule has 0 saturated heterocycles. The third-order valence-electron chi connectivity index (χ3n) is 10.9. The molecule has 0 aliphatic carbocycles. The zero-order valence-electron chi connectivity index (χ0n) is 28.2. The van der Waals surface area contributed by atoms with Crippen LogP contribution in [0, 0.1) is 0 Å². The van der Waals surface area contributed by atoms with Crippen LogP contribution in [0.1, 0.15) is 22.3 Å². The van der Waals surface area contributed by atoms with E-state index in [-0.39, 0.29) is 0 Å². The minimum atomic E-state index is -0.505. The van der Waals surface area contributed by atoms with E-state index in [4.69, 9.17) is 0 Å². The molecular formula is C49H31NS2. The molecular weight excluding hydrogens is 667 g/mol. The molecule has 3 heterocycles. The molecule has 2 aliphatic heterocycles. The van der Waals surface area contributed by atoms with E-state index in [0.29, 0.717) is 0 Å². The van der Waals surface area contributed by atoms with Gasteiger partial charge in [0.2, 0.25) is 0 Å². The summed E-state index contributed by atoms with van der Waals surface area (Å²) in [5.41, 5.74) is 13.5. The van der Waals surface area contributed by atoms with Gasteiger partial charge in [-0.15, -0.1) is 0 Å². The minimum absolute atomic E-state index is 0.505. The highest BCUT2D eigenvalue weighted by atomic mass is 32.2. The van der Waals surface area contributed by atoms with Gasteiger partial charge in [-0.2, -0.15) is 0 Å². The maximum atomic E-state index is 2.46. The largest absolute Gasteiger partial charge is 0.309 e. The first-order valence-corrected chi connectivity index (χ1v) is 19.4. The van der Waals surface area contributed by atoms with Gasteiger partial charge < -0.3 is 4.57 Å². The Labute approximate surface area is 311 Å². The van der Waals surface area contributed by atoms with Crippen molar-refractivity contribution < 1.29 is 0 Å². The molecule has 0 N–H and O–H groups in total. The maximum absolute atomic E-state index is 2.46. The summed E-state index contributed by atoms with van der Waals surface area (Å²) in [6.07, 6.45) is 0. The molecule has 1 spiro atoms. The number of fused-ring (bicyclic) bond motifs is 11. The van der Waals surface area contributed by atoms with Gasteiger partial charge in [0.25, 0.3) is 0 Å². The van der Waals surface area contributed by atoms with Crippen molar-refractivity contribution in [1.29, 1.82) is 0 Å². The van der Waals surface area contributed by atoms with Gasteiger partial charge in [0.1, 0.15) is 0 Å². The molecule has 1 aromatic heterocycles. The monoisotopic (exact) mass is 697 g/mol. The quantitative estimate of drug-likeness (QED) is 0.181. The van der Waals surface area contributed by atoms with Crippen molar-refractivity contribution >= 4 is 45.3 Å². The summed E-state index contributed by atoms with van der Waals surface area (Å²) in [6, 6.07) is 69.6. The second-order valence-electron chi connectivity index (χ2n) is 13.6. The fraction of sp³-hybridized carbons (Fsp3) is 0.0204. The third kappa shape index (κ3) is 4.15. The molecule has 2 aliphatic rings. The zero-order valence-corrected chi connectivity index (χ0v) is 29.8. The van der Waals surface area contributed by atoms with Crippen molar-refractivity contribution in [3.63, 3.8) is 0 Å². The van der Waals surface area contributed by atoms with Gasteiger partial charge in [-0.05, 0) is 69.3 Å². The van der Waals surface area contributed by atoms with Gasteiger partial charge in [-0.3, -0.25) is 0 Å². The van der Waals surface area contributed by atoms with Crippen LogP contribution in [0.5, 0.6) is 0 Å². The van der Waals surface area contributed by atoms with Gasteiger partial charge in [0.05, 0.1) is 16.4 Å². The van der Waals surface area contributed by atoms with Crippen molar-refractivity contribution in [1.82, 2.24) is 4.57 Å². The average Bonchev–Trinajstić information content (AvgIpc) is 3.56. The molecule has 0 radical (unpaired) electrons. The summed E-state index contributed by atoms with van der Waals surface area (Å²) in [6.45, 7) is 0. The fourth-order valence-corrected chi connectivity index (χ4v) is 11.5. The van der Waals surface area contributed by atoms with Gasteiger partial charge in [-0.25, -0.2) is 0 Å². The van der Waals surface area contributed by atoms with E-state index in [1.54, 1.807) is 0 Å². The lowest BCUT2D eigenvalue weighted by Gasteiger charge is -2.46. The van der Waals surface area contributed by atoms with E-state index < -0.39 is 5.41 Å². The van der Waals surface area contributed by atoms with Crippen LogP contribution in [-0.2, 0) is 5.41 Å². The van der Waals surface area contributed by atoms with Crippen molar-refractivity contribution in [2.45, 2.75) is 25.0 Å². The first-order chi connectivity index (χ1) is 25.8. The first-order valence-electron chi connectivity index (χ1n) is 17.8. The van der Waals surface area contributed by atoms with Crippen LogP contribution in [0.4, 0.5) is 0 Å². The molecule has 0 fully saturated rings. The van der Waals surface area contributed by atoms with Crippen LogP contribution in [-0.4, -0.2) is 4.57 Å². The van der Waals surface area contributed by atoms with Crippen molar-refractivity contribution in [2.24, 2.45) is 0 Å². The van der Waals surface area contributed by atoms with Gasteiger partial charge in [0, 0.05) is 41.6 Å². The van der Waals surface area contributed by atoms with E-state index in [2.05, 4.69) is 193 Å². The maximum Gasteiger partial charge on any atom is 0.0745 e. The van der Waals surface area contributed by atoms with Gasteiger partial charge >= 0.3 is 0 Å². The molecule has 3 heteroatoms. The smallest absolute Gasteiger partial charge is 0.0745 e. The van der Waals surface area contributed by atoms with Crippen LogP contribution in [0.25, 0.3) is 49.7 Å². The topological polar surface area (TPSA) is 4.93 Å². The number of aromatic nitrogens is 1. The van der Waals surface area contributed by atoms with Crippen LogP contribution < -0.4 is 0 Å². The molecule has 0 bridgehead atoms. The average molecular weight is 698 g/mol. The van der Waals surface area contributed by atoms with E-state index in [1.807, 2.05) is 23.5 Å². The van der Waals surface area contributed by atoms with E-state index in [0.717, 1.165) is 0 Å². The van der Waals surface area contributed by atoms with Gasteiger partial charge in [0.15, 0.2) is 0 Å². The molecule has 9 aromatic rings. The fourth-order valence-electron chi connectivity index (χ4n) is 8.84. The van der Waals surface area contributed by atoms with E-state index >= 15 is 0 Å². The van der Waals surface area contributed by atoms with Crippen LogP contribution in [0.2, 0.25) is 0 Å². The Hall–Kier alpha value is -5.74. The molecule has 1 nitrogen and oxygen atoms in total. The van der Waals surface area contributed by atoms with Gasteiger partial charge in [-0.1, -0.05) is 181 Å². The molecule has 52 heavy (non-hydrogen) atoms. The molecule has 0 saturated carbocycles. The normalized spacial score (nSPS) is 15.6. The Balaban J connectivity index is 1.27. The minimum Gasteiger partial charge on any atom is -0.309 e. The summed E-state index contributed by atoms with van der Waals surface area (Å²) < 4.78 is 2.46. The van der Waals surface area contributed by atoms with Crippen molar-refractivity contribution in [3.05, 3.63) is 210 Å². The van der Waals surface area contributed by atoms with Crippen LogP contribution >= 0.6 is 23.5 Å². The molecule has 11 rings (SSSR count). The van der Waals surface area contributed by atoms with E-state index in [1.165, 1.54) is 91.6 Å². The van der Waals surface area contributed by atoms with Crippen molar-refractivity contribution in [2.75, 3.05) is 0 Å². The number of nitrogens with zero attached hydrogens (tertiary/aromatic N) is 1. The number of hydrogen-bond donors (Lipinski definition) is 0. The lowest BCUT2D eigenvalue weighted by Crippen LogP contribution is -2.37. The second-order valence-corrected chi connectivity index (χ2v) is 15.7. The van der Waals surface area contributed by atoms with Crippen LogP contribution in [0.15, 0.2) is 208 Å². The highest BCUT2D eigenvalue weighted by Crippen LogP contribution is 2.64. The predicted octanol–water partition coefficient (Wildman–Crippen LogP) is 13.4. The second kappa shape index (κ2) is 11.6. The Kier molecular flexibility index (Phi) is 6.70. The molecule has 1 atom stereocenters. The first kappa shape index (κ1) is 29.9. The Morgan fingerprint density at radius 3 is 1.58 bits per heavy atom. The molecule has 244 valence electrons. The molecule has 8 aromatic carbocycles. The highest BCUT2D eigenvalue weighted by Gasteiger charge is 2.49.